The Morgan fingerprint density at radius 2 is 1.95 bits per heavy atom. The molecule has 2 aliphatic heterocycles. The number of fused-ring (bicyclic) bond motifs is 1. The lowest BCUT2D eigenvalue weighted by atomic mass is 9.82. The topological polar surface area (TPSA) is 94.5 Å². The summed E-state index contributed by atoms with van der Waals surface area (Å²) >= 11 is 1.73. The van der Waals surface area contributed by atoms with E-state index >= 15 is 0 Å². The van der Waals surface area contributed by atoms with Crippen LogP contribution in [0.2, 0.25) is 0 Å². The van der Waals surface area contributed by atoms with Crippen molar-refractivity contribution in [1.29, 1.82) is 0 Å². The van der Waals surface area contributed by atoms with Crippen molar-refractivity contribution >= 4 is 28.3 Å². The molecular formula is C30H35N5O3S. The van der Waals surface area contributed by atoms with Crippen molar-refractivity contribution in [1.82, 2.24) is 24.3 Å². The Hall–Kier alpha value is -3.27. The molecule has 0 unspecified atom stereocenters. The van der Waals surface area contributed by atoms with E-state index in [4.69, 9.17) is 0 Å². The van der Waals surface area contributed by atoms with Crippen molar-refractivity contribution in [2.75, 3.05) is 26.2 Å². The number of nitrogens with one attached hydrogen (secondary N) is 1. The van der Waals surface area contributed by atoms with Gasteiger partial charge in [-0.3, -0.25) is 19.1 Å². The van der Waals surface area contributed by atoms with Crippen LogP contribution in [0.25, 0.3) is 11.0 Å². The van der Waals surface area contributed by atoms with Gasteiger partial charge in [0.25, 0.3) is 5.56 Å². The minimum absolute atomic E-state index is 0.0621. The summed E-state index contributed by atoms with van der Waals surface area (Å²) in [5.74, 6) is 0.294. The summed E-state index contributed by atoms with van der Waals surface area (Å²) < 4.78 is 1.50. The number of carbonyl (C=O) groups excluding carboxylic acids is 1. The van der Waals surface area contributed by atoms with E-state index in [1.807, 2.05) is 17.9 Å². The van der Waals surface area contributed by atoms with Crippen LogP contribution in [0.3, 0.4) is 0 Å². The minimum Gasteiger partial charge on any atom is -0.388 e. The smallest absolute Gasteiger partial charge is 0.262 e. The number of aryl methyl sites for hydroxylation is 1. The first-order chi connectivity index (χ1) is 18.9. The third kappa shape index (κ3) is 5.44. The lowest BCUT2D eigenvalue weighted by Gasteiger charge is -2.43. The minimum atomic E-state index is -1.05. The van der Waals surface area contributed by atoms with Gasteiger partial charge in [0.1, 0.15) is 5.65 Å². The molecule has 2 fully saturated rings. The molecule has 6 rings (SSSR count). The third-order valence-corrected chi connectivity index (χ3v) is 9.40. The largest absolute Gasteiger partial charge is 0.388 e. The Kier molecular flexibility index (Phi) is 7.14. The molecule has 0 radical (unpaired) electrons. The van der Waals surface area contributed by atoms with E-state index < -0.39 is 5.60 Å². The van der Waals surface area contributed by atoms with Gasteiger partial charge >= 0.3 is 0 Å². The standard InChI is InChI=1S/C30H35N5O3S/c1-21-16-24-27(32-21)31-20-35(29(24)37)19-30(38)10-13-34(14-11-30)28(36)23-9-12-33(17-22-6-3-2-4-7-22)18-25(23)26-8-5-15-39-26/h2-8,15-16,20,23,25,32,38H,9-14,17-19H2,1H3/t23-,25-/m1/s1. The molecule has 8 nitrogen and oxygen atoms in total. The average molecular weight is 546 g/mol. The van der Waals surface area contributed by atoms with Gasteiger partial charge in [-0.1, -0.05) is 36.4 Å². The number of aromatic nitrogens is 3. The number of piperidine rings is 2. The van der Waals surface area contributed by atoms with E-state index in [2.05, 4.69) is 56.6 Å². The first-order valence-electron chi connectivity index (χ1n) is 13.7. The van der Waals surface area contributed by atoms with Gasteiger partial charge in [-0.05, 0) is 55.8 Å². The van der Waals surface area contributed by atoms with Crippen LogP contribution in [0.15, 0.2) is 65.0 Å². The van der Waals surface area contributed by atoms with Crippen LogP contribution in [0.5, 0.6) is 0 Å². The van der Waals surface area contributed by atoms with E-state index in [0.717, 1.165) is 31.7 Å². The molecule has 2 N–H and O–H groups in total. The van der Waals surface area contributed by atoms with Gasteiger partial charge in [0.15, 0.2) is 0 Å². The van der Waals surface area contributed by atoms with Crippen molar-refractivity contribution in [2.45, 2.75) is 50.8 Å². The monoisotopic (exact) mass is 545 g/mol. The summed E-state index contributed by atoms with van der Waals surface area (Å²) in [5.41, 5.74) is 1.54. The molecule has 3 aromatic heterocycles. The van der Waals surface area contributed by atoms with Gasteiger partial charge in [-0.2, -0.15) is 0 Å². The Morgan fingerprint density at radius 3 is 2.69 bits per heavy atom. The fourth-order valence-corrected chi connectivity index (χ4v) is 7.12. The maximum atomic E-state index is 13.9. The number of H-pyrrole nitrogens is 1. The molecule has 0 spiro atoms. The zero-order valence-electron chi connectivity index (χ0n) is 22.3. The zero-order chi connectivity index (χ0) is 27.0. The van der Waals surface area contributed by atoms with E-state index in [0.29, 0.717) is 37.0 Å². The molecule has 204 valence electrons. The molecule has 1 aromatic carbocycles. The Labute approximate surface area is 231 Å². The number of rotatable bonds is 6. The van der Waals surface area contributed by atoms with Crippen molar-refractivity contribution in [2.24, 2.45) is 5.92 Å². The fraction of sp³-hybridized carbons (Fsp3) is 0.433. The fourth-order valence-electron chi connectivity index (χ4n) is 6.23. The second kappa shape index (κ2) is 10.7. The number of aromatic amines is 1. The van der Waals surface area contributed by atoms with Gasteiger partial charge in [0.05, 0.1) is 23.9 Å². The van der Waals surface area contributed by atoms with Crippen LogP contribution in [-0.2, 0) is 17.9 Å². The molecule has 2 saturated heterocycles. The van der Waals surface area contributed by atoms with Crippen LogP contribution in [-0.4, -0.2) is 67.1 Å². The average Bonchev–Trinajstić information content (AvgIpc) is 3.61. The van der Waals surface area contributed by atoms with E-state index in [1.165, 1.54) is 21.3 Å². The molecular weight excluding hydrogens is 510 g/mol. The number of carbonyl (C=O) groups is 1. The molecule has 39 heavy (non-hydrogen) atoms. The maximum absolute atomic E-state index is 13.9. The molecule has 2 aliphatic rings. The highest BCUT2D eigenvalue weighted by atomic mass is 32.1. The molecule has 0 saturated carbocycles. The number of thiophene rings is 1. The molecule has 1 amide bonds. The number of aliphatic hydroxyl groups is 1. The Balaban J connectivity index is 1.12. The van der Waals surface area contributed by atoms with E-state index in [1.54, 1.807) is 17.4 Å². The molecule has 2 atom stereocenters. The predicted molar refractivity (Wildman–Crippen MR) is 153 cm³/mol. The van der Waals surface area contributed by atoms with Gasteiger partial charge in [0, 0.05) is 48.6 Å². The SMILES string of the molecule is Cc1cc2c(=O)n(CC3(O)CCN(C(=O)[C@@H]4CCN(Cc5ccccc5)C[C@H]4c4cccs4)CC3)cnc2[nH]1. The molecule has 0 bridgehead atoms. The number of likely N-dealkylation sites (tertiary alicyclic amines) is 2. The third-order valence-electron chi connectivity index (χ3n) is 8.39. The summed E-state index contributed by atoms with van der Waals surface area (Å²) in [6.45, 7) is 5.69. The number of hydrogen-bond acceptors (Lipinski definition) is 6. The van der Waals surface area contributed by atoms with Crippen molar-refractivity contribution < 1.29 is 9.90 Å². The van der Waals surface area contributed by atoms with Crippen molar-refractivity contribution in [3.63, 3.8) is 0 Å². The molecule has 4 aromatic rings. The summed E-state index contributed by atoms with van der Waals surface area (Å²) in [7, 11) is 0. The number of amides is 1. The first-order valence-corrected chi connectivity index (χ1v) is 14.6. The second-order valence-corrected chi connectivity index (χ2v) is 12.2. The molecule has 5 heterocycles. The van der Waals surface area contributed by atoms with Crippen LogP contribution < -0.4 is 5.56 Å². The quantitative estimate of drug-likeness (QED) is 0.385. The summed E-state index contributed by atoms with van der Waals surface area (Å²) in [4.78, 5) is 39.9. The molecule has 0 aliphatic carbocycles. The predicted octanol–water partition coefficient (Wildman–Crippen LogP) is 3.75. The van der Waals surface area contributed by atoms with Gasteiger partial charge in [-0.15, -0.1) is 11.3 Å². The van der Waals surface area contributed by atoms with Gasteiger partial charge in [-0.25, -0.2) is 4.98 Å². The maximum Gasteiger partial charge on any atom is 0.262 e. The van der Waals surface area contributed by atoms with Crippen LogP contribution in [0, 0.1) is 12.8 Å². The lowest BCUT2D eigenvalue weighted by molar-refractivity contribution is -0.142. The van der Waals surface area contributed by atoms with E-state index in [9.17, 15) is 14.7 Å². The lowest BCUT2D eigenvalue weighted by Crippen LogP contribution is -2.53. The summed E-state index contributed by atoms with van der Waals surface area (Å²) in [5, 5.41) is 14.0. The summed E-state index contributed by atoms with van der Waals surface area (Å²) in [6, 6.07) is 16.5. The van der Waals surface area contributed by atoms with Gasteiger partial charge < -0.3 is 15.0 Å². The van der Waals surface area contributed by atoms with Crippen molar-refractivity contribution in [3.05, 3.63) is 86.7 Å². The second-order valence-electron chi connectivity index (χ2n) is 11.2. The number of benzene rings is 1. The highest BCUT2D eigenvalue weighted by Crippen LogP contribution is 2.37. The van der Waals surface area contributed by atoms with Crippen LogP contribution >= 0.6 is 11.3 Å². The number of hydrogen-bond donors (Lipinski definition) is 2. The van der Waals surface area contributed by atoms with Gasteiger partial charge in [0.2, 0.25) is 5.91 Å². The van der Waals surface area contributed by atoms with Crippen molar-refractivity contribution in [3.8, 4) is 0 Å². The van der Waals surface area contributed by atoms with E-state index in [-0.39, 0.29) is 29.8 Å². The number of nitrogens with zero attached hydrogens (tertiary/aromatic N) is 4. The highest BCUT2D eigenvalue weighted by Gasteiger charge is 2.41. The summed E-state index contributed by atoms with van der Waals surface area (Å²) in [6.07, 6.45) is 3.20. The normalized spacial score (nSPS) is 21.8. The Morgan fingerprint density at radius 1 is 1.15 bits per heavy atom. The van der Waals surface area contributed by atoms with Crippen LogP contribution in [0.1, 0.15) is 41.3 Å². The Bertz CT molecular complexity index is 1490. The zero-order valence-corrected chi connectivity index (χ0v) is 23.1. The first kappa shape index (κ1) is 26.0. The highest BCUT2D eigenvalue weighted by molar-refractivity contribution is 7.10. The van der Waals surface area contributed by atoms with Crippen LogP contribution in [0.4, 0.5) is 0 Å². The molecule has 9 heteroatoms.